The fourth-order valence-corrected chi connectivity index (χ4v) is 3.42. The van der Waals surface area contributed by atoms with Crippen molar-refractivity contribution in [3.8, 4) is 11.1 Å². The second kappa shape index (κ2) is 5.21. The third kappa shape index (κ3) is 2.21. The number of nitro groups is 1. The second-order valence-electron chi connectivity index (χ2n) is 5.20. The fraction of sp³-hybridized carbons (Fsp3) is 0. The Kier molecular flexibility index (Phi) is 3.16. The predicted octanol–water partition coefficient (Wildman–Crippen LogP) is 5.92. The van der Waals surface area contributed by atoms with E-state index in [1.165, 1.54) is 6.07 Å². The average molecular weight is 368 g/mol. The third-order valence-corrected chi connectivity index (χ3v) is 4.52. The van der Waals surface area contributed by atoms with Gasteiger partial charge in [-0.2, -0.15) is 0 Å². The zero-order valence-corrected chi connectivity index (χ0v) is 13.4. The van der Waals surface area contributed by atoms with Gasteiger partial charge in [0.2, 0.25) is 0 Å². The van der Waals surface area contributed by atoms with E-state index >= 15 is 0 Å². The number of nitrogens with zero attached hydrogens (tertiary/aromatic N) is 1. The van der Waals surface area contributed by atoms with Crippen LogP contribution in [0.1, 0.15) is 0 Å². The predicted molar refractivity (Wildman–Crippen MR) is 93.5 cm³/mol. The van der Waals surface area contributed by atoms with Crippen LogP contribution in [0.3, 0.4) is 0 Å². The quantitative estimate of drug-likeness (QED) is 0.326. The molecule has 0 amide bonds. The summed E-state index contributed by atoms with van der Waals surface area (Å²) in [4.78, 5) is 10.9. The standard InChI is InChI=1S/C18H10BrNO3/c19-14-5-3-6-15(20(21)22)18(14)11-8-9-13-12-4-1-2-7-16(12)23-17(13)10-11/h1-10H. The van der Waals surface area contributed by atoms with Crippen LogP contribution in [0, 0.1) is 10.1 Å². The minimum absolute atomic E-state index is 0.0647. The summed E-state index contributed by atoms with van der Waals surface area (Å²) < 4.78 is 6.55. The molecule has 0 saturated heterocycles. The minimum atomic E-state index is -0.372. The molecule has 0 radical (unpaired) electrons. The molecule has 23 heavy (non-hydrogen) atoms. The van der Waals surface area contributed by atoms with Gasteiger partial charge in [-0.1, -0.05) is 30.3 Å². The van der Waals surface area contributed by atoms with E-state index in [9.17, 15) is 10.1 Å². The lowest BCUT2D eigenvalue weighted by Crippen LogP contribution is -1.92. The van der Waals surface area contributed by atoms with Crippen LogP contribution in [-0.4, -0.2) is 4.92 Å². The highest BCUT2D eigenvalue weighted by Gasteiger charge is 2.19. The number of furan rings is 1. The molecule has 0 bridgehead atoms. The van der Waals surface area contributed by atoms with Crippen LogP contribution in [0.5, 0.6) is 0 Å². The van der Waals surface area contributed by atoms with E-state index in [1.807, 2.05) is 42.5 Å². The van der Waals surface area contributed by atoms with Crippen molar-refractivity contribution in [1.29, 1.82) is 0 Å². The zero-order valence-electron chi connectivity index (χ0n) is 11.8. The normalized spacial score (nSPS) is 11.2. The number of para-hydroxylation sites is 1. The molecule has 1 aromatic heterocycles. The van der Waals surface area contributed by atoms with Crippen molar-refractivity contribution in [3.05, 3.63) is 75.3 Å². The van der Waals surface area contributed by atoms with Crippen molar-refractivity contribution in [1.82, 2.24) is 0 Å². The van der Waals surface area contributed by atoms with Gasteiger partial charge in [0.05, 0.1) is 10.5 Å². The van der Waals surface area contributed by atoms with Crippen molar-refractivity contribution < 1.29 is 9.34 Å². The van der Waals surface area contributed by atoms with Gasteiger partial charge in [-0.15, -0.1) is 0 Å². The van der Waals surface area contributed by atoms with E-state index in [0.29, 0.717) is 15.6 Å². The average Bonchev–Trinajstić information content (AvgIpc) is 2.92. The number of halogens is 1. The second-order valence-corrected chi connectivity index (χ2v) is 6.05. The molecule has 0 unspecified atom stereocenters. The van der Waals surface area contributed by atoms with Crippen molar-refractivity contribution >= 4 is 43.6 Å². The summed E-state index contributed by atoms with van der Waals surface area (Å²) in [6, 6.07) is 18.4. The molecule has 0 aliphatic heterocycles. The lowest BCUT2D eigenvalue weighted by atomic mass is 10.0. The van der Waals surface area contributed by atoms with Gasteiger partial charge in [0.25, 0.3) is 5.69 Å². The highest BCUT2D eigenvalue weighted by Crippen LogP contribution is 2.39. The Bertz CT molecular complexity index is 1070. The topological polar surface area (TPSA) is 56.3 Å². The van der Waals surface area contributed by atoms with Gasteiger partial charge in [-0.25, -0.2) is 0 Å². The lowest BCUT2D eigenvalue weighted by molar-refractivity contribution is -0.384. The van der Waals surface area contributed by atoms with Crippen LogP contribution in [0.2, 0.25) is 0 Å². The summed E-state index contributed by atoms with van der Waals surface area (Å²) in [6.07, 6.45) is 0. The summed E-state index contributed by atoms with van der Waals surface area (Å²) in [6.45, 7) is 0. The molecule has 0 saturated carbocycles. The molecule has 0 N–H and O–H groups in total. The fourth-order valence-electron chi connectivity index (χ4n) is 2.83. The van der Waals surface area contributed by atoms with Gasteiger partial charge >= 0.3 is 0 Å². The Morgan fingerprint density at radius 1 is 0.913 bits per heavy atom. The lowest BCUT2D eigenvalue weighted by Gasteiger charge is -2.05. The largest absolute Gasteiger partial charge is 0.456 e. The van der Waals surface area contributed by atoms with E-state index in [2.05, 4.69) is 15.9 Å². The van der Waals surface area contributed by atoms with Gasteiger partial charge in [-0.05, 0) is 45.8 Å². The first-order valence-corrected chi connectivity index (χ1v) is 7.79. The molecule has 0 atom stereocenters. The molecule has 0 fully saturated rings. The first-order valence-electron chi connectivity index (χ1n) is 7.00. The summed E-state index contributed by atoms with van der Waals surface area (Å²) in [7, 11) is 0. The van der Waals surface area contributed by atoms with E-state index < -0.39 is 0 Å². The zero-order chi connectivity index (χ0) is 16.0. The first-order chi connectivity index (χ1) is 11.1. The maximum absolute atomic E-state index is 11.3. The molecule has 5 heteroatoms. The molecule has 1 heterocycles. The molecule has 0 aliphatic carbocycles. The monoisotopic (exact) mass is 367 g/mol. The van der Waals surface area contributed by atoms with Crippen molar-refractivity contribution in [2.75, 3.05) is 0 Å². The van der Waals surface area contributed by atoms with E-state index in [4.69, 9.17) is 4.42 Å². The van der Waals surface area contributed by atoms with Gasteiger partial charge < -0.3 is 4.42 Å². The Labute approximate surface area is 139 Å². The molecular formula is C18H10BrNO3. The Morgan fingerprint density at radius 3 is 2.52 bits per heavy atom. The first kappa shape index (κ1) is 14.0. The Balaban J connectivity index is 2.01. The summed E-state index contributed by atoms with van der Waals surface area (Å²) in [5.74, 6) is 0. The van der Waals surface area contributed by atoms with Gasteiger partial charge in [0, 0.05) is 21.3 Å². The minimum Gasteiger partial charge on any atom is -0.456 e. The summed E-state index contributed by atoms with van der Waals surface area (Å²) in [5, 5.41) is 13.3. The third-order valence-electron chi connectivity index (χ3n) is 3.86. The highest BCUT2D eigenvalue weighted by atomic mass is 79.9. The maximum atomic E-state index is 11.3. The maximum Gasteiger partial charge on any atom is 0.278 e. The molecule has 112 valence electrons. The van der Waals surface area contributed by atoms with Gasteiger partial charge in [0.15, 0.2) is 0 Å². The number of nitro benzene ring substituents is 1. The molecule has 3 aromatic carbocycles. The molecule has 4 nitrogen and oxygen atoms in total. The van der Waals surface area contributed by atoms with E-state index in [-0.39, 0.29) is 10.6 Å². The molecule has 4 rings (SSSR count). The number of hydrogen-bond donors (Lipinski definition) is 0. The molecule has 0 spiro atoms. The van der Waals surface area contributed by atoms with Crippen molar-refractivity contribution in [2.24, 2.45) is 0 Å². The number of fused-ring (bicyclic) bond motifs is 3. The van der Waals surface area contributed by atoms with Crippen molar-refractivity contribution in [2.45, 2.75) is 0 Å². The number of hydrogen-bond acceptors (Lipinski definition) is 3. The van der Waals surface area contributed by atoms with Crippen LogP contribution in [0.4, 0.5) is 5.69 Å². The SMILES string of the molecule is O=[N+]([O-])c1cccc(Br)c1-c1ccc2c(c1)oc1ccccc12. The van der Waals surface area contributed by atoms with Crippen LogP contribution in [0.15, 0.2) is 69.6 Å². The number of rotatable bonds is 2. The Hall–Kier alpha value is -2.66. The van der Waals surface area contributed by atoms with Crippen LogP contribution in [-0.2, 0) is 0 Å². The van der Waals surface area contributed by atoms with E-state index in [0.717, 1.165) is 21.9 Å². The molecule has 0 aliphatic rings. The summed E-state index contributed by atoms with van der Waals surface area (Å²) >= 11 is 3.42. The molecule has 4 aromatic rings. The van der Waals surface area contributed by atoms with E-state index in [1.54, 1.807) is 12.1 Å². The van der Waals surface area contributed by atoms with Crippen LogP contribution in [0.25, 0.3) is 33.1 Å². The smallest absolute Gasteiger partial charge is 0.278 e. The molecular weight excluding hydrogens is 358 g/mol. The Morgan fingerprint density at radius 2 is 1.70 bits per heavy atom. The highest BCUT2D eigenvalue weighted by molar-refractivity contribution is 9.10. The van der Waals surface area contributed by atoms with Gasteiger partial charge in [0.1, 0.15) is 11.2 Å². The van der Waals surface area contributed by atoms with Gasteiger partial charge in [-0.3, -0.25) is 10.1 Å². The summed E-state index contributed by atoms with van der Waals surface area (Å²) in [5.41, 5.74) is 2.89. The van der Waals surface area contributed by atoms with Crippen molar-refractivity contribution in [3.63, 3.8) is 0 Å². The van der Waals surface area contributed by atoms with Crippen LogP contribution < -0.4 is 0 Å². The van der Waals surface area contributed by atoms with Crippen LogP contribution >= 0.6 is 15.9 Å². The number of benzene rings is 3.